The van der Waals surface area contributed by atoms with Crippen LogP contribution < -0.4 is 4.90 Å². The fourth-order valence-electron chi connectivity index (χ4n) is 4.67. The van der Waals surface area contributed by atoms with Gasteiger partial charge < -0.3 is 14.9 Å². The zero-order valence-electron chi connectivity index (χ0n) is 15.7. The van der Waals surface area contributed by atoms with Gasteiger partial charge in [0.15, 0.2) is 0 Å². The molecular formula is C21H33ClN2O. The SMILES string of the molecule is CC(C)N(C[C@H](O)CN1CC[C@@H]2CCCC[C@@H]2C1)c1ccc(Cl)cc1. The lowest BCUT2D eigenvalue weighted by molar-refractivity contribution is 0.0481. The fraction of sp³-hybridized carbons (Fsp3) is 0.714. The van der Waals surface area contributed by atoms with Gasteiger partial charge >= 0.3 is 0 Å². The molecule has 3 nitrogen and oxygen atoms in total. The smallest absolute Gasteiger partial charge is 0.0841 e. The Hall–Kier alpha value is -0.770. The monoisotopic (exact) mass is 364 g/mol. The van der Waals surface area contributed by atoms with Crippen LogP contribution in [0, 0.1) is 11.8 Å². The van der Waals surface area contributed by atoms with E-state index in [1.165, 1.54) is 38.6 Å². The van der Waals surface area contributed by atoms with Crippen LogP contribution in [0.4, 0.5) is 5.69 Å². The van der Waals surface area contributed by atoms with Gasteiger partial charge in [0.05, 0.1) is 6.10 Å². The van der Waals surface area contributed by atoms with Crippen molar-refractivity contribution >= 4 is 17.3 Å². The molecule has 1 aliphatic carbocycles. The lowest BCUT2D eigenvalue weighted by Gasteiger charge is -2.42. The van der Waals surface area contributed by atoms with Gasteiger partial charge in [-0.15, -0.1) is 0 Å². The highest BCUT2D eigenvalue weighted by Gasteiger charge is 2.31. The Morgan fingerprint density at radius 1 is 1.12 bits per heavy atom. The highest BCUT2D eigenvalue weighted by molar-refractivity contribution is 6.30. The van der Waals surface area contributed by atoms with Gasteiger partial charge in [-0.25, -0.2) is 0 Å². The third-order valence-electron chi connectivity index (χ3n) is 6.03. The summed E-state index contributed by atoms with van der Waals surface area (Å²) >= 11 is 6.01. The normalized spacial score (nSPS) is 25.6. The molecule has 3 rings (SSSR count). The molecule has 3 atom stereocenters. The second kappa shape index (κ2) is 8.75. The Morgan fingerprint density at radius 2 is 1.80 bits per heavy atom. The highest BCUT2D eigenvalue weighted by Crippen LogP contribution is 2.36. The first kappa shape index (κ1) is 19.0. The number of hydrogen-bond acceptors (Lipinski definition) is 3. The van der Waals surface area contributed by atoms with E-state index in [4.69, 9.17) is 11.6 Å². The molecule has 1 aromatic rings. The van der Waals surface area contributed by atoms with Crippen LogP contribution >= 0.6 is 11.6 Å². The Bertz CT molecular complexity index is 533. The first-order valence-corrected chi connectivity index (χ1v) is 10.3. The number of fused-ring (bicyclic) bond motifs is 1. The first-order valence-electron chi connectivity index (χ1n) is 9.95. The second-order valence-electron chi connectivity index (χ2n) is 8.23. The second-order valence-corrected chi connectivity index (χ2v) is 8.67. The van der Waals surface area contributed by atoms with Crippen LogP contribution in [-0.2, 0) is 0 Å². The third kappa shape index (κ3) is 5.12. The van der Waals surface area contributed by atoms with E-state index in [2.05, 4.69) is 23.6 Å². The molecule has 1 aliphatic heterocycles. The number of rotatable bonds is 6. The van der Waals surface area contributed by atoms with Gasteiger partial charge in [0, 0.05) is 36.4 Å². The molecule has 2 fully saturated rings. The van der Waals surface area contributed by atoms with Crippen molar-refractivity contribution in [3.63, 3.8) is 0 Å². The maximum absolute atomic E-state index is 10.7. The molecular weight excluding hydrogens is 332 g/mol. The topological polar surface area (TPSA) is 26.7 Å². The van der Waals surface area contributed by atoms with Crippen LogP contribution in [-0.4, -0.2) is 48.3 Å². The summed E-state index contributed by atoms with van der Waals surface area (Å²) in [7, 11) is 0. The van der Waals surface area contributed by atoms with Gasteiger partial charge in [0.2, 0.25) is 0 Å². The van der Waals surface area contributed by atoms with Crippen molar-refractivity contribution in [3.8, 4) is 0 Å². The van der Waals surface area contributed by atoms with Crippen molar-refractivity contribution in [1.82, 2.24) is 4.90 Å². The molecule has 4 heteroatoms. The van der Waals surface area contributed by atoms with Crippen LogP contribution in [0.3, 0.4) is 0 Å². The van der Waals surface area contributed by atoms with Gasteiger partial charge in [-0.3, -0.25) is 0 Å². The molecule has 2 aliphatic rings. The Kier molecular flexibility index (Phi) is 6.65. The molecule has 25 heavy (non-hydrogen) atoms. The predicted molar refractivity (Wildman–Crippen MR) is 106 cm³/mol. The zero-order valence-corrected chi connectivity index (χ0v) is 16.5. The van der Waals surface area contributed by atoms with Crippen LogP contribution in [0.25, 0.3) is 0 Å². The fourth-order valence-corrected chi connectivity index (χ4v) is 4.80. The van der Waals surface area contributed by atoms with E-state index in [1.54, 1.807) is 0 Å². The lowest BCUT2D eigenvalue weighted by atomic mass is 9.75. The first-order chi connectivity index (χ1) is 12.0. The lowest BCUT2D eigenvalue weighted by Crippen LogP contribution is -2.48. The zero-order chi connectivity index (χ0) is 17.8. The van der Waals surface area contributed by atoms with Crippen molar-refractivity contribution in [2.45, 2.75) is 58.1 Å². The van der Waals surface area contributed by atoms with E-state index in [9.17, 15) is 5.11 Å². The van der Waals surface area contributed by atoms with E-state index in [1.807, 2.05) is 24.3 Å². The Balaban J connectivity index is 1.54. The van der Waals surface area contributed by atoms with Gasteiger partial charge in [0.25, 0.3) is 0 Å². The maximum atomic E-state index is 10.7. The van der Waals surface area contributed by atoms with Gasteiger partial charge in [0.1, 0.15) is 0 Å². The molecule has 1 heterocycles. The summed E-state index contributed by atoms with van der Waals surface area (Å²) in [5, 5.41) is 11.5. The average molecular weight is 365 g/mol. The number of piperidine rings is 1. The summed E-state index contributed by atoms with van der Waals surface area (Å²) in [5.41, 5.74) is 1.13. The molecule has 1 saturated heterocycles. The van der Waals surface area contributed by atoms with Gasteiger partial charge in [-0.2, -0.15) is 0 Å². The molecule has 0 aromatic heterocycles. The predicted octanol–water partition coefficient (Wildman–Crippen LogP) is 4.43. The van der Waals surface area contributed by atoms with Crippen molar-refractivity contribution < 1.29 is 5.11 Å². The molecule has 0 unspecified atom stereocenters. The third-order valence-corrected chi connectivity index (χ3v) is 6.29. The van der Waals surface area contributed by atoms with Gasteiger partial charge in [-0.05, 0) is 69.3 Å². The minimum atomic E-state index is -0.321. The number of aliphatic hydroxyl groups excluding tert-OH is 1. The summed E-state index contributed by atoms with van der Waals surface area (Å²) in [6, 6.07) is 8.28. The molecule has 0 bridgehead atoms. The quantitative estimate of drug-likeness (QED) is 0.808. The van der Waals surface area contributed by atoms with E-state index in [-0.39, 0.29) is 6.10 Å². The largest absolute Gasteiger partial charge is 0.390 e. The summed E-state index contributed by atoms with van der Waals surface area (Å²) in [5.74, 6) is 1.82. The van der Waals surface area contributed by atoms with Crippen molar-refractivity contribution in [1.29, 1.82) is 0 Å². The molecule has 1 saturated carbocycles. The standard InChI is InChI=1S/C21H33ClN2O/c1-16(2)24(20-9-7-19(22)8-10-20)15-21(25)14-23-12-11-17-5-3-4-6-18(17)13-23/h7-10,16-18,21,25H,3-6,11-15H2,1-2H3/t17-,18+,21+/m0/s1. The number of aliphatic hydroxyl groups is 1. The van der Waals surface area contributed by atoms with E-state index in [0.29, 0.717) is 12.6 Å². The van der Waals surface area contributed by atoms with Crippen LogP contribution in [0.1, 0.15) is 46.0 Å². The summed E-state index contributed by atoms with van der Waals surface area (Å²) < 4.78 is 0. The van der Waals surface area contributed by atoms with Crippen molar-refractivity contribution in [2.75, 3.05) is 31.1 Å². The number of hydrogen-bond donors (Lipinski definition) is 1. The van der Waals surface area contributed by atoms with Crippen LogP contribution in [0.5, 0.6) is 0 Å². The number of likely N-dealkylation sites (tertiary alicyclic amines) is 1. The number of anilines is 1. The van der Waals surface area contributed by atoms with Crippen LogP contribution in [0.15, 0.2) is 24.3 Å². The molecule has 140 valence electrons. The van der Waals surface area contributed by atoms with Gasteiger partial charge in [-0.1, -0.05) is 30.9 Å². The minimum absolute atomic E-state index is 0.321. The Morgan fingerprint density at radius 3 is 2.48 bits per heavy atom. The highest BCUT2D eigenvalue weighted by atomic mass is 35.5. The van der Waals surface area contributed by atoms with E-state index < -0.39 is 0 Å². The Labute approximate surface area is 158 Å². The van der Waals surface area contributed by atoms with E-state index >= 15 is 0 Å². The summed E-state index contributed by atoms with van der Waals surface area (Å²) in [4.78, 5) is 4.77. The number of nitrogens with zero attached hydrogens (tertiary/aromatic N) is 2. The summed E-state index contributed by atoms with van der Waals surface area (Å²) in [6.07, 6.45) is 6.64. The van der Waals surface area contributed by atoms with E-state index in [0.717, 1.165) is 35.6 Å². The molecule has 0 radical (unpaired) electrons. The number of halogens is 1. The maximum Gasteiger partial charge on any atom is 0.0841 e. The average Bonchev–Trinajstić information content (AvgIpc) is 2.60. The minimum Gasteiger partial charge on any atom is -0.390 e. The molecule has 1 aromatic carbocycles. The van der Waals surface area contributed by atoms with Crippen molar-refractivity contribution in [3.05, 3.63) is 29.3 Å². The van der Waals surface area contributed by atoms with Crippen LogP contribution in [0.2, 0.25) is 5.02 Å². The number of β-amino-alcohol motifs (C(OH)–C–C–N with tert-alkyl or cyclic N) is 1. The molecule has 0 amide bonds. The van der Waals surface area contributed by atoms with Crippen molar-refractivity contribution in [2.24, 2.45) is 11.8 Å². The number of benzene rings is 1. The molecule has 0 spiro atoms. The summed E-state index contributed by atoms with van der Waals surface area (Å²) in [6.45, 7) is 8.15. The molecule has 1 N–H and O–H groups in total.